The fourth-order valence-electron chi connectivity index (χ4n) is 0. The van der Waals surface area contributed by atoms with E-state index in [1.807, 2.05) is 0 Å². The maximum absolute atomic E-state index is 4.96. The summed E-state index contributed by atoms with van der Waals surface area (Å²) in [5.41, 5.74) is 0. The third kappa shape index (κ3) is 51.9. The minimum atomic E-state index is -1.85. The second kappa shape index (κ2) is 11.6. The number of hydrogen-bond acceptors (Lipinski definition) is 0. The molecule has 7 heteroatoms. The van der Waals surface area contributed by atoms with E-state index in [1.54, 1.807) is 0 Å². The quantitative estimate of drug-likeness (QED) is 0.468. The van der Waals surface area contributed by atoms with Crippen molar-refractivity contribution in [3.8, 4) is 0 Å². The van der Waals surface area contributed by atoms with Gasteiger partial charge in [-0.05, 0) is 0 Å². The zero-order chi connectivity index (χ0) is 6.28. The van der Waals surface area contributed by atoms with Gasteiger partial charge in [0.15, 0.2) is 0 Å². The van der Waals surface area contributed by atoms with E-state index < -0.39 is 14.2 Å². The van der Waals surface area contributed by atoms with Crippen LogP contribution >= 0.6 is 47.3 Å². The van der Waals surface area contributed by atoms with Crippen molar-refractivity contribution in [3.63, 3.8) is 0 Å². The number of halogens is 5. The zero-order valence-corrected chi connectivity index (χ0v) is 10.1. The van der Waals surface area contributed by atoms with Crippen LogP contribution in [0.3, 0.4) is 0 Å². The molecule has 0 aromatic heterocycles. The fraction of sp³-hybridized carbons (Fsp3) is 0. The summed E-state index contributed by atoms with van der Waals surface area (Å²) in [5, 5.41) is 0. The monoisotopic (exact) mass is 476 g/mol. The Kier molecular flexibility index (Phi) is 20.6. The first-order valence-electron chi connectivity index (χ1n) is 0.598. The zero-order valence-electron chi connectivity index (χ0n) is 2.52. The Morgan fingerprint density at radius 1 is 1.00 bits per heavy atom. The Morgan fingerprint density at radius 2 is 1.00 bits per heavy atom. The van der Waals surface area contributed by atoms with Crippen LogP contribution in [-0.2, 0) is 30.1 Å². The van der Waals surface area contributed by atoms with E-state index in [9.17, 15) is 0 Å². The molecule has 0 fully saturated rings. The van der Waals surface area contributed by atoms with Crippen LogP contribution in [0.4, 0.5) is 0 Å². The molecule has 0 N–H and O–H groups in total. The van der Waals surface area contributed by atoms with Gasteiger partial charge in [-0.25, -0.2) is 0 Å². The first kappa shape index (κ1) is 12.5. The molecule has 0 bridgehead atoms. The van der Waals surface area contributed by atoms with E-state index >= 15 is 0 Å². The molecule has 0 aromatic rings. The normalized spacial score (nSPS) is 9.57. The molecular weight excluding hydrogens is 479 g/mol. The summed E-state index contributed by atoms with van der Waals surface area (Å²) < 4.78 is 0. The molecule has 0 saturated carbocycles. The molecule has 0 aliphatic carbocycles. The standard InChI is InChI=1S/5ClH.Pd.Pt/h5*1H;;/q;;;;;+2;+3/p-5. The Morgan fingerprint density at radius 3 is 1.00 bits per heavy atom. The van der Waals surface area contributed by atoms with Crippen LogP contribution in [0.15, 0.2) is 0 Å². The van der Waals surface area contributed by atoms with E-state index in [0.717, 1.165) is 0 Å². The van der Waals surface area contributed by atoms with Gasteiger partial charge in [0, 0.05) is 0 Å². The predicted octanol–water partition coefficient (Wildman–Crippen LogP) is 3.44. The van der Waals surface area contributed by atoms with E-state index in [0.29, 0.717) is 0 Å². The van der Waals surface area contributed by atoms with Crippen molar-refractivity contribution >= 4 is 47.3 Å². The molecule has 0 aliphatic heterocycles. The van der Waals surface area contributed by atoms with Gasteiger partial charge < -0.3 is 0 Å². The van der Waals surface area contributed by atoms with E-state index in [-0.39, 0.29) is 15.9 Å². The van der Waals surface area contributed by atoms with E-state index in [2.05, 4.69) is 0 Å². The van der Waals surface area contributed by atoms with Gasteiger partial charge in [-0.3, -0.25) is 0 Å². The predicted molar refractivity (Wildman–Crippen MR) is 29.3 cm³/mol. The second-order valence-corrected chi connectivity index (χ2v) is 12.4. The summed E-state index contributed by atoms with van der Waals surface area (Å²) in [6, 6.07) is 0. The Bertz CT molecular complexity index is 19.3. The molecule has 0 unspecified atom stereocenters. The van der Waals surface area contributed by atoms with Crippen LogP contribution in [0.2, 0.25) is 0 Å². The first-order valence-corrected chi connectivity index (χ1v) is 13.0. The molecule has 0 amide bonds. The van der Waals surface area contributed by atoms with Gasteiger partial charge >= 0.3 is 77.4 Å². The molecule has 0 rings (SSSR count). The first-order chi connectivity index (χ1) is 3.15. The summed E-state index contributed by atoms with van der Waals surface area (Å²) in [6.45, 7) is 0. The summed E-state index contributed by atoms with van der Waals surface area (Å²) in [4.78, 5) is 0. The molecule has 0 spiro atoms. The molecule has 0 heterocycles. The molecule has 0 saturated heterocycles. The molecule has 7 heavy (non-hydrogen) atoms. The van der Waals surface area contributed by atoms with Crippen LogP contribution in [0.1, 0.15) is 0 Å². The summed E-state index contributed by atoms with van der Waals surface area (Å²) in [7, 11) is 24.5. The topological polar surface area (TPSA) is 0 Å². The van der Waals surface area contributed by atoms with E-state index in [4.69, 9.17) is 47.3 Å². The Balaban J connectivity index is 0. The second-order valence-electron chi connectivity index (χ2n) is 0.181. The summed E-state index contributed by atoms with van der Waals surface area (Å²) in [5.74, 6) is 0. The van der Waals surface area contributed by atoms with Crippen LogP contribution in [-0.4, -0.2) is 0 Å². The fourth-order valence-corrected chi connectivity index (χ4v) is 0. The van der Waals surface area contributed by atoms with Crippen molar-refractivity contribution in [1.82, 2.24) is 0 Å². The molecule has 0 radical (unpaired) electrons. The van der Waals surface area contributed by atoms with Crippen LogP contribution in [0, 0.1) is 0 Å². The van der Waals surface area contributed by atoms with Crippen molar-refractivity contribution in [2.24, 2.45) is 0 Å². The third-order valence-corrected chi connectivity index (χ3v) is 0. The number of rotatable bonds is 0. The minimum absolute atomic E-state index is 0.106. The summed E-state index contributed by atoms with van der Waals surface area (Å²) in [6.07, 6.45) is 0. The van der Waals surface area contributed by atoms with Gasteiger partial charge in [0.1, 0.15) is 0 Å². The van der Waals surface area contributed by atoms with Gasteiger partial charge in [-0.1, -0.05) is 0 Å². The molecule has 55 valence electrons. The average Bonchev–Trinajstić information content (AvgIpc) is 1.33. The molecule has 0 aliphatic rings. The van der Waals surface area contributed by atoms with Gasteiger partial charge in [-0.15, -0.1) is 0 Å². The molecule has 0 aromatic carbocycles. The van der Waals surface area contributed by atoms with Crippen molar-refractivity contribution in [3.05, 3.63) is 0 Å². The Hall–Kier alpha value is 2.80. The Labute approximate surface area is 76.2 Å². The SMILES string of the molecule is [Cl][Pd][Cl].[Cl][Pt]([Cl])[Cl]. The van der Waals surface area contributed by atoms with Crippen LogP contribution in [0.25, 0.3) is 0 Å². The van der Waals surface area contributed by atoms with Crippen LogP contribution < -0.4 is 0 Å². The van der Waals surface area contributed by atoms with Crippen molar-refractivity contribution in [2.75, 3.05) is 0 Å². The van der Waals surface area contributed by atoms with Gasteiger partial charge in [-0.2, -0.15) is 0 Å². The van der Waals surface area contributed by atoms with Gasteiger partial charge in [0.2, 0.25) is 0 Å². The molecule has 0 atom stereocenters. The van der Waals surface area contributed by atoms with E-state index in [1.165, 1.54) is 0 Å². The summed E-state index contributed by atoms with van der Waals surface area (Å²) >= 11 is -1.96. The van der Waals surface area contributed by atoms with Crippen molar-refractivity contribution in [2.45, 2.75) is 0 Å². The van der Waals surface area contributed by atoms with Crippen molar-refractivity contribution in [1.29, 1.82) is 0 Å². The van der Waals surface area contributed by atoms with Crippen molar-refractivity contribution < 1.29 is 30.1 Å². The third-order valence-electron chi connectivity index (χ3n) is 0. The average molecular weight is 479 g/mol. The molecular formula is Cl5PdPt. The van der Waals surface area contributed by atoms with Gasteiger partial charge in [0.25, 0.3) is 0 Å². The van der Waals surface area contributed by atoms with Crippen LogP contribution in [0.5, 0.6) is 0 Å². The maximum atomic E-state index is 4.96. The van der Waals surface area contributed by atoms with Gasteiger partial charge in [0.05, 0.1) is 0 Å². The molecule has 0 nitrogen and oxygen atoms in total. The number of hydrogen-bond donors (Lipinski definition) is 0.